The summed E-state index contributed by atoms with van der Waals surface area (Å²) in [7, 11) is 0. The highest BCUT2D eigenvalue weighted by molar-refractivity contribution is 7.09. The third-order valence-electron chi connectivity index (χ3n) is 3.64. The molecule has 1 unspecified atom stereocenters. The third kappa shape index (κ3) is 4.39. The van der Waals surface area contributed by atoms with E-state index in [4.69, 9.17) is 4.74 Å². The van der Waals surface area contributed by atoms with Crippen LogP contribution in [0.25, 0.3) is 0 Å². The lowest BCUT2D eigenvalue weighted by atomic mass is 10.00. The summed E-state index contributed by atoms with van der Waals surface area (Å²) < 4.78 is 5.54. The fraction of sp³-hybridized carbons (Fsp3) is 0.150. The minimum absolute atomic E-state index is 0.0513. The van der Waals surface area contributed by atoms with Gasteiger partial charge in [-0.15, -0.1) is 11.3 Å². The Morgan fingerprint density at radius 1 is 1.04 bits per heavy atom. The SMILES string of the molecule is Cc1nc(CC(=O)OC(C(=O)c2ccccc2)c2ccccc2)cs1. The molecule has 0 spiro atoms. The van der Waals surface area contributed by atoms with Crippen molar-refractivity contribution in [1.29, 1.82) is 0 Å². The summed E-state index contributed by atoms with van der Waals surface area (Å²) in [4.78, 5) is 29.4. The number of hydrogen-bond acceptors (Lipinski definition) is 5. The molecule has 126 valence electrons. The quantitative estimate of drug-likeness (QED) is 0.494. The van der Waals surface area contributed by atoms with E-state index in [1.54, 1.807) is 36.4 Å². The first-order chi connectivity index (χ1) is 12.1. The van der Waals surface area contributed by atoms with Crippen LogP contribution in [0.15, 0.2) is 66.0 Å². The number of aryl methyl sites for hydroxylation is 1. The van der Waals surface area contributed by atoms with E-state index in [1.807, 2.05) is 36.6 Å². The van der Waals surface area contributed by atoms with Gasteiger partial charge in [0.1, 0.15) is 0 Å². The Morgan fingerprint density at radius 2 is 1.68 bits per heavy atom. The average Bonchev–Trinajstić information content (AvgIpc) is 3.05. The number of thiazole rings is 1. The summed E-state index contributed by atoms with van der Waals surface area (Å²) in [5.41, 5.74) is 1.82. The van der Waals surface area contributed by atoms with Crippen molar-refractivity contribution in [2.75, 3.05) is 0 Å². The second kappa shape index (κ2) is 7.85. The van der Waals surface area contributed by atoms with Crippen molar-refractivity contribution >= 4 is 23.1 Å². The van der Waals surface area contributed by atoms with Gasteiger partial charge in [-0.25, -0.2) is 4.98 Å². The molecule has 0 N–H and O–H groups in total. The zero-order chi connectivity index (χ0) is 17.6. The summed E-state index contributed by atoms with van der Waals surface area (Å²) in [5, 5.41) is 2.72. The molecule has 0 aliphatic carbocycles. The van der Waals surface area contributed by atoms with E-state index in [0.29, 0.717) is 16.8 Å². The number of ketones is 1. The molecule has 1 atom stereocenters. The van der Waals surface area contributed by atoms with Gasteiger partial charge in [-0.2, -0.15) is 0 Å². The number of nitrogens with zero attached hydrogens (tertiary/aromatic N) is 1. The van der Waals surface area contributed by atoms with Crippen LogP contribution in [0.3, 0.4) is 0 Å². The number of Topliss-reactive ketones (excluding diaryl/α,β-unsaturated/α-hetero) is 1. The monoisotopic (exact) mass is 351 g/mol. The number of rotatable bonds is 6. The van der Waals surface area contributed by atoms with Crippen LogP contribution in [0.1, 0.15) is 32.7 Å². The van der Waals surface area contributed by atoms with Crippen LogP contribution in [0.2, 0.25) is 0 Å². The highest BCUT2D eigenvalue weighted by atomic mass is 32.1. The molecular formula is C20H17NO3S. The first kappa shape index (κ1) is 17.0. The van der Waals surface area contributed by atoms with Gasteiger partial charge in [-0.1, -0.05) is 60.7 Å². The largest absolute Gasteiger partial charge is 0.449 e. The summed E-state index contributed by atoms with van der Waals surface area (Å²) in [5.74, 6) is -0.710. The first-order valence-electron chi connectivity index (χ1n) is 7.88. The number of hydrogen-bond donors (Lipinski definition) is 0. The van der Waals surface area contributed by atoms with Crippen molar-refractivity contribution in [3.05, 3.63) is 87.9 Å². The molecule has 2 aromatic carbocycles. The predicted molar refractivity (Wildman–Crippen MR) is 96.6 cm³/mol. The average molecular weight is 351 g/mol. The highest BCUT2D eigenvalue weighted by Gasteiger charge is 2.26. The summed E-state index contributed by atoms with van der Waals surface area (Å²) in [6.45, 7) is 1.88. The predicted octanol–water partition coefficient (Wildman–Crippen LogP) is 4.16. The standard InChI is InChI=1S/C20H17NO3S/c1-14-21-17(13-25-14)12-18(22)24-20(16-10-6-3-7-11-16)19(23)15-8-4-2-5-9-15/h2-11,13,20H,12H2,1H3. The van der Waals surface area contributed by atoms with Crippen LogP contribution >= 0.6 is 11.3 Å². The van der Waals surface area contributed by atoms with Crippen molar-refractivity contribution in [2.45, 2.75) is 19.4 Å². The molecule has 1 heterocycles. The number of carbonyl (C=O) groups excluding carboxylic acids is 2. The van der Waals surface area contributed by atoms with Crippen LogP contribution in [0.4, 0.5) is 0 Å². The molecule has 3 aromatic rings. The Hall–Kier alpha value is -2.79. The van der Waals surface area contributed by atoms with Crippen molar-refractivity contribution in [3.8, 4) is 0 Å². The maximum Gasteiger partial charge on any atom is 0.312 e. The zero-order valence-corrected chi connectivity index (χ0v) is 14.5. The van der Waals surface area contributed by atoms with E-state index in [1.165, 1.54) is 11.3 Å². The minimum Gasteiger partial charge on any atom is -0.449 e. The molecule has 3 rings (SSSR count). The molecule has 0 radical (unpaired) electrons. The van der Waals surface area contributed by atoms with Gasteiger partial charge in [0.2, 0.25) is 5.78 Å². The third-order valence-corrected chi connectivity index (χ3v) is 4.46. The fourth-order valence-corrected chi connectivity index (χ4v) is 3.08. The van der Waals surface area contributed by atoms with Crippen LogP contribution in [0.5, 0.6) is 0 Å². The summed E-state index contributed by atoms with van der Waals surface area (Å²) >= 11 is 1.48. The lowest BCUT2D eigenvalue weighted by Crippen LogP contribution is -2.21. The van der Waals surface area contributed by atoms with E-state index in [9.17, 15) is 9.59 Å². The molecule has 0 amide bonds. The van der Waals surface area contributed by atoms with Gasteiger partial charge >= 0.3 is 5.97 Å². The Morgan fingerprint density at radius 3 is 2.28 bits per heavy atom. The maximum absolute atomic E-state index is 12.8. The van der Waals surface area contributed by atoms with Crippen molar-refractivity contribution < 1.29 is 14.3 Å². The van der Waals surface area contributed by atoms with Gasteiger partial charge in [-0.3, -0.25) is 9.59 Å². The van der Waals surface area contributed by atoms with Crippen molar-refractivity contribution in [3.63, 3.8) is 0 Å². The number of aromatic nitrogens is 1. The zero-order valence-electron chi connectivity index (χ0n) is 13.7. The highest BCUT2D eigenvalue weighted by Crippen LogP contribution is 2.23. The smallest absolute Gasteiger partial charge is 0.312 e. The second-order valence-corrected chi connectivity index (χ2v) is 6.61. The van der Waals surface area contributed by atoms with E-state index in [2.05, 4.69) is 4.98 Å². The topological polar surface area (TPSA) is 56.3 Å². The van der Waals surface area contributed by atoms with E-state index in [0.717, 1.165) is 5.01 Å². The van der Waals surface area contributed by atoms with Crippen molar-refractivity contribution in [2.24, 2.45) is 0 Å². The van der Waals surface area contributed by atoms with Crippen LogP contribution in [0, 0.1) is 6.92 Å². The molecule has 25 heavy (non-hydrogen) atoms. The molecule has 4 nitrogen and oxygen atoms in total. The van der Waals surface area contributed by atoms with Crippen LogP contribution in [-0.4, -0.2) is 16.7 Å². The molecule has 0 saturated heterocycles. The minimum atomic E-state index is -0.962. The van der Waals surface area contributed by atoms with E-state index < -0.39 is 12.1 Å². The molecule has 0 aliphatic heterocycles. The number of carbonyl (C=O) groups is 2. The Labute approximate surface area is 150 Å². The Balaban J connectivity index is 1.81. The lowest BCUT2D eigenvalue weighted by Gasteiger charge is -2.17. The summed E-state index contributed by atoms with van der Waals surface area (Å²) in [6.07, 6.45) is -0.911. The molecular weight excluding hydrogens is 334 g/mol. The molecule has 1 aromatic heterocycles. The number of benzene rings is 2. The van der Waals surface area contributed by atoms with Gasteiger partial charge in [0.15, 0.2) is 6.10 Å². The lowest BCUT2D eigenvalue weighted by molar-refractivity contribution is -0.146. The van der Waals surface area contributed by atoms with E-state index in [-0.39, 0.29) is 12.2 Å². The molecule has 0 bridgehead atoms. The van der Waals surface area contributed by atoms with Gasteiger partial charge in [0, 0.05) is 16.5 Å². The van der Waals surface area contributed by atoms with Crippen LogP contribution in [-0.2, 0) is 16.0 Å². The first-order valence-corrected chi connectivity index (χ1v) is 8.76. The van der Waals surface area contributed by atoms with Crippen molar-refractivity contribution in [1.82, 2.24) is 4.98 Å². The molecule has 0 fully saturated rings. The molecule has 5 heteroatoms. The normalized spacial score (nSPS) is 11.7. The Kier molecular flexibility index (Phi) is 5.36. The fourth-order valence-electron chi connectivity index (χ4n) is 2.46. The van der Waals surface area contributed by atoms with Gasteiger partial charge in [-0.05, 0) is 6.92 Å². The van der Waals surface area contributed by atoms with E-state index >= 15 is 0 Å². The van der Waals surface area contributed by atoms with Gasteiger partial charge < -0.3 is 4.74 Å². The molecule has 0 saturated carbocycles. The summed E-state index contributed by atoms with van der Waals surface area (Å²) in [6, 6.07) is 17.9. The van der Waals surface area contributed by atoms with Crippen LogP contribution < -0.4 is 0 Å². The molecule has 0 aliphatic rings. The van der Waals surface area contributed by atoms with Gasteiger partial charge in [0.05, 0.1) is 17.1 Å². The maximum atomic E-state index is 12.8. The number of ether oxygens (including phenoxy) is 1. The van der Waals surface area contributed by atoms with Gasteiger partial charge in [0.25, 0.3) is 0 Å². The second-order valence-electron chi connectivity index (χ2n) is 5.55. The number of esters is 1. The Bertz CT molecular complexity index is 859.